The number of carbonyl (C=O) groups is 1. The standard InChI is InChI=1S/C14H16ClN3O/c1-14(6-2-3-12(14)17)13(19)18-10-5-4-9(8-16)11(15)7-10/h4-5,7,12H,2-3,6,17H2,1H3,(H,18,19). The van der Waals surface area contributed by atoms with Gasteiger partial charge in [-0.15, -0.1) is 0 Å². The lowest BCUT2D eigenvalue weighted by atomic mass is 9.84. The maximum Gasteiger partial charge on any atom is 0.231 e. The van der Waals surface area contributed by atoms with Crippen LogP contribution in [0.2, 0.25) is 5.02 Å². The fraction of sp³-hybridized carbons (Fsp3) is 0.429. The van der Waals surface area contributed by atoms with E-state index in [9.17, 15) is 4.79 Å². The molecule has 5 heteroatoms. The molecule has 2 unspecified atom stereocenters. The molecule has 19 heavy (non-hydrogen) atoms. The van der Waals surface area contributed by atoms with Crippen LogP contribution in [0.3, 0.4) is 0 Å². The number of rotatable bonds is 2. The summed E-state index contributed by atoms with van der Waals surface area (Å²) in [6.45, 7) is 1.89. The lowest BCUT2D eigenvalue weighted by Crippen LogP contribution is -2.44. The molecule has 1 amide bonds. The molecule has 0 saturated heterocycles. The minimum atomic E-state index is -0.527. The number of benzene rings is 1. The molecule has 1 fully saturated rings. The van der Waals surface area contributed by atoms with Crippen LogP contribution in [0, 0.1) is 16.7 Å². The van der Waals surface area contributed by atoms with Crippen LogP contribution in [-0.2, 0) is 4.79 Å². The first kappa shape index (κ1) is 13.9. The molecule has 2 atom stereocenters. The number of nitrogens with one attached hydrogen (secondary N) is 1. The second-order valence-corrected chi connectivity index (χ2v) is 5.58. The van der Waals surface area contributed by atoms with Crippen molar-refractivity contribution >= 4 is 23.2 Å². The van der Waals surface area contributed by atoms with E-state index in [1.54, 1.807) is 18.2 Å². The Morgan fingerprint density at radius 2 is 2.37 bits per heavy atom. The molecular formula is C14H16ClN3O. The Morgan fingerprint density at radius 1 is 1.63 bits per heavy atom. The van der Waals surface area contributed by atoms with Gasteiger partial charge in [-0.25, -0.2) is 0 Å². The predicted octanol–water partition coefficient (Wildman–Crippen LogP) is 2.67. The van der Waals surface area contributed by atoms with Gasteiger partial charge in [0.05, 0.1) is 16.0 Å². The van der Waals surface area contributed by atoms with E-state index in [1.807, 2.05) is 13.0 Å². The molecule has 1 aliphatic carbocycles. The monoisotopic (exact) mass is 277 g/mol. The summed E-state index contributed by atoms with van der Waals surface area (Å²) in [6.07, 6.45) is 2.64. The number of carbonyl (C=O) groups excluding carboxylic acids is 1. The second-order valence-electron chi connectivity index (χ2n) is 5.18. The first-order chi connectivity index (χ1) is 8.97. The third-order valence-electron chi connectivity index (χ3n) is 3.90. The fourth-order valence-corrected chi connectivity index (χ4v) is 2.66. The largest absolute Gasteiger partial charge is 0.327 e. The van der Waals surface area contributed by atoms with Crippen LogP contribution in [-0.4, -0.2) is 11.9 Å². The van der Waals surface area contributed by atoms with Crippen molar-refractivity contribution in [3.63, 3.8) is 0 Å². The summed E-state index contributed by atoms with van der Waals surface area (Å²) in [5.74, 6) is -0.0849. The molecular weight excluding hydrogens is 262 g/mol. The van der Waals surface area contributed by atoms with Gasteiger partial charge in [0.1, 0.15) is 6.07 Å². The maximum absolute atomic E-state index is 12.3. The van der Waals surface area contributed by atoms with Gasteiger partial charge in [-0.2, -0.15) is 5.26 Å². The van der Waals surface area contributed by atoms with E-state index in [2.05, 4.69) is 5.32 Å². The van der Waals surface area contributed by atoms with E-state index < -0.39 is 5.41 Å². The SMILES string of the molecule is CC1(C(=O)Nc2ccc(C#N)c(Cl)c2)CCCC1N. The topological polar surface area (TPSA) is 78.9 Å². The zero-order valence-electron chi connectivity index (χ0n) is 10.7. The Morgan fingerprint density at radius 3 is 2.89 bits per heavy atom. The molecule has 4 nitrogen and oxygen atoms in total. The number of halogens is 1. The molecule has 0 radical (unpaired) electrons. The van der Waals surface area contributed by atoms with Gasteiger partial charge >= 0.3 is 0 Å². The van der Waals surface area contributed by atoms with Crippen LogP contribution < -0.4 is 11.1 Å². The van der Waals surface area contributed by atoms with Gasteiger partial charge in [0.25, 0.3) is 0 Å². The molecule has 0 spiro atoms. The van der Waals surface area contributed by atoms with Crippen molar-refractivity contribution in [2.24, 2.45) is 11.1 Å². The summed E-state index contributed by atoms with van der Waals surface area (Å²) < 4.78 is 0. The molecule has 0 aromatic heterocycles. The van der Waals surface area contributed by atoms with Crippen LogP contribution in [0.5, 0.6) is 0 Å². The highest BCUT2D eigenvalue weighted by molar-refractivity contribution is 6.32. The van der Waals surface area contributed by atoms with E-state index in [-0.39, 0.29) is 11.9 Å². The quantitative estimate of drug-likeness (QED) is 0.872. The summed E-state index contributed by atoms with van der Waals surface area (Å²) in [5, 5.41) is 12.0. The van der Waals surface area contributed by atoms with Crippen molar-refractivity contribution in [2.75, 3.05) is 5.32 Å². The molecule has 3 N–H and O–H groups in total. The van der Waals surface area contributed by atoms with Crippen molar-refractivity contribution < 1.29 is 4.79 Å². The third-order valence-corrected chi connectivity index (χ3v) is 4.21. The molecule has 0 bridgehead atoms. The van der Waals surface area contributed by atoms with Crippen molar-refractivity contribution in [3.05, 3.63) is 28.8 Å². The van der Waals surface area contributed by atoms with Gasteiger partial charge in [-0.05, 0) is 38.0 Å². The zero-order valence-corrected chi connectivity index (χ0v) is 11.5. The number of hydrogen-bond acceptors (Lipinski definition) is 3. The van der Waals surface area contributed by atoms with Crippen LogP contribution in [0.1, 0.15) is 31.7 Å². The van der Waals surface area contributed by atoms with Gasteiger partial charge < -0.3 is 11.1 Å². The summed E-state index contributed by atoms with van der Waals surface area (Å²) in [5.41, 5.74) is 6.47. The molecule has 1 aromatic rings. The molecule has 100 valence electrons. The fourth-order valence-electron chi connectivity index (χ4n) is 2.43. The highest BCUT2D eigenvalue weighted by Crippen LogP contribution is 2.37. The molecule has 1 saturated carbocycles. The molecule has 0 aliphatic heterocycles. The summed E-state index contributed by atoms with van der Waals surface area (Å²) in [7, 11) is 0. The molecule has 1 aromatic carbocycles. The van der Waals surface area contributed by atoms with Crippen molar-refractivity contribution in [1.29, 1.82) is 5.26 Å². The average molecular weight is 278 g/mol. The van der Waals surface area contributed by atoms with E-state index >= 15 is 0 Å². The van der Waals surface area contributed by atoms with E-state index in [0.717, 1.165) is 19.3 Å². The van der Waals surface area contributed by atoms with Crippen molar-refractivity contribution in [1.82, 2.24) is 0 Å². The Balaban J connectivity index is 2.16. The zero-order chi connectivity index (χ0) is 14.0. The Labute approximate surface area is 117 Å². The highest BCUT2D eigenvalue weighted by Gasteiger charge is 2.42. The lowest BCUT2D eigenvalue weighted by molar-refractivity contribution is -0.125. The smallest absolute Gasteiger partial charge is 0.231 e. The summed E-state index contributed by atoms with van der Waals surface area (Å²) >= 11 is 5.94. The van der Waals surface area contributed by atoms with Gasteiger partial charge in [0, 0.05) is 11.7 Å². The van der Waals surface area contributed by atoms with E-state index in [1.165, 1.54) is 0 Å². The van der Waals surface area contributed by atoms with E-state index in [0.29, 0.717) is 16.3 Å². The van der Waals surface area contributed by atoms with Crippen LogP contribution in [0.25, 0.3) is 0 Å². The first-order valence-corrected chi connectivity index (χ1v) is 6.62. The van der Waals surface area contributed by atoms with Gasteiger partial charge in [-0.1, -0.05) is 18.0 Å². The Hall–Kier alpha value is -1.57. The van der Waals surface area contributed by atoms with Crippen LogP contribution in [0.4, 0.5) is 5.69 Å². The third kappa shape index (κ3) is 2.58. The number of nitrogens with two attached hydrogens (primary N) is 1. The molecule has 1 aliphatic rings. The number of nitriles is 1. The second kappa shape index (κ2) is 5.20. The number of nitrogens with zero attached hydrogens (tertiary/aromatic N) is 1. The minimum Gasteiger partial charge on any atom is -0.327 e. The van der Waals surface area contributed by atoms with Crippen LogP contribution >= 0.6 is 11.6 Å². The first-order valence-electron chi connectivity index (χ1n) is 6.24. The Kier molecular flexibility index (Phi) is 3.79. The summed E-state index contributed by atoms with van der Waals surface area (Å²) in [4.78, 5) is 12.3. The molecule has 2 rings (SSSR count). The average Bonchev–Trinajstić information content (AvgIpc) is 2.71. The van der Waals surface area contributed by atoms with Gasteiger partial charge in [0.15, 0.2) is 0 Å². The number of amides is 1. The highest BCUT2D eigenvalue weighted by atomic mass is 35.5. The normalized spacial score (nSPS) is 25.9. The lowest BCUT2D eigenvalue weighted by Gasteiger charge is -2.27. The van der Waals surface area contributed by atoms with Crippen LogP contribution in [0.15, 0.2) is 18.2 Å². The van der Waals surface area contributed by atoms with Gasteiger partial charge in [-0.3, -0.25) is 4.79 Å². The van der Waals surface area contributed by atoms with E-state index in [4.69, 9.17) is 22.6 Å². The molecule has 0 heterocycles. The van der Waals surface area contributed by atoms with Crippen molar-refractivity contribution in [3.8, 4) is 6.07 Å². The number of anilines is 1. The predicted molar refractivity (Wildman–Crippen MR) is 74.7 cm³/mol. The summed E-state index contributed by atoms with van der Waals surface area (Å²) in [6, 6.07) is 6.72. The van der Waals surface area contributed by atoms with Crippen molar-refractivity contribution in [2.45, 2.75) is 32.2 Å². The van der Waals surface area contributed by atoms with Gasteiger partial charge in [0.2, 0.25) is 5.91 Å². The minimum absolute atomic E-state index is 0.0849. The Bertz CT molecular complexity index is 552. The maximum atomic E-state index is 12.3. The number of hydrogen-bond donors (Lipinski definition) is 2.